The van der Waals surface area contributed by atoms with Crippen LogP contribution < -0.4 is 0 Å². The summed E-state index contributed by atoms with van der Waals surface area (Å²) >= 11 is 0. The normalized spacial score (nSPS) is 10.4. The van der Waals surface area contributed by atoms with Gasteiger partial charge in [0.25, 0.3) is 0 Å². The molecule has 0 saturated heterocycles. The van der Waals surface area contributed by atoms with Crippen LogP contribution in [0.4, 0.5) is 4.39 Å². The van der Waals surface area contributed by atoms with Crippen molar-refractivity contribution < 1.29 is 14.3 Å². The van der Waals surface area contributed by atoms with E-state index >= 15 is 0 Å². The molecule has 0 aliphatic heterocycles. The van der Waals surface area contributed by atoms with Crippen molar-refractivity contribution in [1.29, 1.82) is 0 Å². The monoisotopic (exact) mass is 244 g/mol. The van der Waals surface area contributed by atoms with Crippen LogP contribution in [0.1, 0.15) is 21.5 Å². The van der Waals surface area contributed by atoms with Crippen molar-refractivity contribution >= 4 is 5.97 Å². The molecule has 0 heterocycles. The van der Waals surface area contributed by atoms with Gasteiger partial charge in [-0.3, -0.25) is 0 Å². The Morgan fingerprint density at radius 1 is 1.11 bits per heavy atom. The largest absolute Gasteiger partial charge is 0.478 e. The SMILES string of the molecule is Cc1ccc(F)c(-c2cccc(C(=O)O)c2C)c1. The fraction of sp³-hybridized carbons (Fsp3) is 0.133. The van der Waals surface area contributed by atoms with Gasteiger partial charge in [-0.25, -0.2) is 9.18 Å². The topological polar surface area (TPSA) is 37.3 Å². The van der Waals surface area contributed by atoms with Crippen molar-refractivity contribution in [2.75, 3.05) is 0 Å². The van der Waals surface area contributed by atoms with Crippen LogP contribution in [0.15, 0.2) is 36.4 Å². The average molecular weight is 244 g/mol. The van der Waals surface area contributed by atoms with E-state index in [9.17, 15) is 9.18 Å². The molecule has 0 fully saturated rings. The molecule has 0 radical (unpaired) electrons. The molecular formula is C15H13FO2. The first-order valence-electron chi connectivity index (χ1n) is 5.60. The molecule has 2 aromatic carbocycles. The molecule has 0 atom stereocenters. The summed E-state index contributed by atoms with van der Waals surface area (Å²) in [6.07, 6.45) is 0. The number of rotatable bonds is 2. The van der Waals surface area contributed by atoms with E-state index < -0.39 is 5.97 Å². The molecule has 1 N–H and O–H groups in total. The number of aromatic carboxylic acids is 1. The lowest BCUT2D eigenvalue weighted by atomic mass is 9.95. The zero-order valence-electron chi connectivity index (χ0n) is 10.2. The average Bonchev–Trinajstić information content (AvgIpc) is 2.32. The fourth-order valence-corrected chi connectivity index (χ4v) is 2.00. The standard InChI is InChI=1S/C15H13FO2/c1-9-6-7-14(16)13(8-9)11-4-3-5-12(10(11)2)15(17)18/h3-8H,1-2H3,(H,17,18). The van der Waals surface area contributed by atoms with E-state index in [2.05, 4.69) is 0 Å². The van der Waals surface area contributed by atoms with Crippen molar-refractivity contribution in [2.45, 2.75) is 13.8 Å². The van der Waals surface area contributed by atoms with E-state index in [1.807, 2.05) is 6.92 Å². The molecule has 0 aliphatic carbocycles. The van der Waals surface area contributed by atoms with Crippen molar-refractivity contribution in [3.8, 4) is 11.1 Å². The Labute approximate surface area is 105 Å². The lowest BCUT2D eigenvalue weighted by Crippen LogP contribution is -2.01. The van der Waals surface area contributed by atoms with Crippen molar-refractivity contribution in [3.63, 3.8) is 0 Å². The minimum Gasteiger partial charge on any atom is -0.478 e. The zero-order valence-corrected chi connectivity index (χ0v) is 10.2. The summed E-state index contributed by atoms with van der Waals surface area (Å²) in [6, 6.07) is 9.71. The second-order valence-corrected chi connectivity index (χ2v) is 4.27. The number of carboxylic acid groups (broad SMARTS) is 1. The molecule has 2 nitrogen and oxygen atoms in total. The molecular weight excluding hydrogens is 231 g/mol. The van der Waals surface area contributed by atoms with E-state index in [1.165, 1.54) is 12.1 Å². The summed E-state index contributed by atoms with van der Waals surface area (Å²) in [7, 11) is 0. The summed E-state index contributed by atoms with van der Waals surface area (Å²) in [5.74, 6) is -1.34. The van der Waals surface area contributed by atoms with Crippen LogP contribution in [0.2, 0.25) is 0 Å². The Kier molecular flexibility index (Phi) is 3.15. The smallest absolute Gasteiger partial charge is 0.335 e. The van der Waals surface area contributed by atoms with Gasteiger partial charge in [-0.05, 0) is 43.2 Å². The van der Waals surface area contributed by atoms with Crippen LogP contribution in [0.3, 0.4) is 0 Å². The third-order valence-electron chi connectivity index (χ3n) is 2.98. The first kappa shape index (κ1) is 12.3. The van der Waals surface area contributed by atoms with Gasteiger partial charge in [0.15, 0.2) is 0 Å². The predicted molar refractivity (Wildman–Crippen MR) is 68.3 cm³/mol. The number of halogens is 1. The highest BCUT2D eigenvalue weighted by atomic mass is 19.1. The fourth-order valence-electron chi connectivity index (χ4n) is 2.00. The molecule has 0 aliphatic rings. The van der Waals surface area contributed by atoms with Gasteiger partial charge in [-0.1, -0.05) is 23.8 Å². The zero-order chi connectivity index (χ0) is 13.3. The highest BCUT2D eigenvalue weighted by Gasteiger charge is 2.13. The number of aryl methyl sites for hydroxylation is 1. The Balaban J connectivity index is 2.68. The lowest BCUT2D eigenvalue weighted by Gasteiger charge is -2.10. The second-order valence-electron chi connectivity index (χ2n) is 4.27. The molecule has 0 saturated carbocycles. The molecule has 0 bridgehead atoms. The summed E-state index contributed by atoms with van der Waals surface area (Å²) < 4.78 is 13.8. The Bertz CT molecular complexity index is 618. The number of hydrogen-bond donors (Lipinski definition) is 1. The van der Waals surface area contributed by atoms with Gasteiger partial charge < -0.3 is 5.11 Å². The number of benzene rings is 2. The molecule has 0 spiro atoms. The maximum Gasteiger partial charge on any atom is 0.335 e. The van der Waals surface area contributed by atoms with Gasteiger partial charge in [-0.15, -0.1) is 0 Å². The Morgan fingerprint density at radius 2 is 1.83 bits per heavy atom. The number of carboxylic acids is 1. The minimum absolute atomic E-state index is 0.202. The summed E-state index contributed by atoms with van der Waals surface area (Å²) in [6.45, 7) is 3.57. The van der Waals surface area contributed by atoms with Crippen molar-refractivity contribution in [2.24, 2.45) is 0 Å². The van der Waals surface area contributed by atoms with Gasteiger partial charge in [0.05, 0.1) is 5.56 Å². The van der Waals surface area contributed by atoms with Gasteiger partial charge in [0.2, 0.25) is 0 Å². The Hall–Kier alpha value is -2.16. The molecule has 2 rings (SSSR count). The van der Waals surface area contributed by atoms with Crippen molar-refractivity contribution in [1.82, 2.24) is 0 Å². The van der Waals surface area contributed by atoms with E-state index in [-0.39, 0.29) is 11.4 Å². The predicted octanol–water partition coefficient (Wildman–Crippen LogP) is 3.81. The molecule has 0 unspecified atom stereocenters. The highest BCUT2D eigenvalue weighted by Crippen LogP contribution is 2.28. The van der Waals surface area contributed by atoms with Gasteiger partial charge in [-0.2, -0.15) is 0 Å². The third kappa shape index (κ3) is 2.12. The van der Waals surface area contributed by atoms with Crippen LogP contribution in [0, 0.1) is 19.7 Å². The van der Waals surface area contributed by atoms with E-state index in [1.54, 1.807) is 31.2 Å². The van der Waals surface area contributed by atoms with E-state index in [4.69, 9.17) is 5.11 Å². The minimum atomic E-state index is -0.998. The van der Waals surface area contributed by atoms with E-state index in [0.717, 1.165) is 5.56 Å². The van der Waals surface area contributed by atoms with Gasteiger partial charge in [0.1, 0.15) is 5.82 Å². The number of hydrogen-bond acceptors (Lipinski definition) is 1. The summed E-state index contributed by atoms with van der Waals surface area (Å²) in [4.78, 5) is 11.1. The van der Waals surface area contributed by atoms with E-state index in [0.29, 0.717) is 16.7 Å². The quantitative estimate of drug-likeness (QED) is 0.872. The van der Waals surface area contributed by atoms with Crippen LogP contribution in [-0.2, 0) is 0 Å². The molecule has 2 aromatic rings. The van der Waals surface area contributed by atoms with Gasteiger partial charge >= 0.3 is 5.97 Å². The maximum absolute atomic E-state index is 13.8. The first-order chi connectivity index (χ1) is 8.50. The molecule has 18 heavy (non-hydrogen) atoms. The van der Waals surface area contributed by atoms with Crippen molar-refractivity contribution in [3.05, 3.63) is 58.9 Å². The van der Waals surface area contributed by atoms with Gasteiger partial charge in [0, 0.05) is 5.56 Å². The molecule has 0 amide bonds. The molecule has 0 aromatic heterocycles. The number of carbonyl (C=O) groups is 1. The molecule has 3 heteroatoms. The second kappa shape index (κ2) is 4.61. The summed E-state index contributed by atoms with van der Waals surface area (Å²) in [5.41, 5.74) is 2.78. The van der Waals surface area contributed by atoms with Crippen LogP contribution in [0.5, 0.6) is 0 Å². The summed E-state index contributed by atoms with van der Waals surface area (Å²) in [5, 5.41) is 9.07. The first-order valence-corrected chi connectivity index (χ1v) is 5.60. The third-order valence-corrected chi connectivity index (χ3v) is 2.98. The van der Waals surface area contributed by atoms with Crippen LogP contribution in [-0.4, -0.2) is 11.1 Å². The highest BCUT2D eigenvalue weighted by molar-refractivity contribution is 5.92. The molecule has 92 valence electrons. The Morgan fingerprint density at radius 3 is 2.50 bits per heavy atom. The van der Waals surface area contributed by atoms with Crippen LogP contribution >= 0.6 is 0 Å². The maximum atomic E-state index is 13.8. The lowest BCUT2D eigenvalue weighted by molar-refractivity contribution is 0.0696. The van der Waals surface area contributed by atoms with Crippen LogP contribution in [0.25, 0.3) is 11.1 Å².